The summed E-state index contributed by atoms with van der Waals surface area (Å²) in [4.78, 5) is 18.2. The third-order valence-corrected chi connectivity index (χ3v) is 4.47. The second kappa shape index (κ2) is 6.71. The smallest absolute Gasteiger partial charge is 0.410 e. The predicted molar refractivity (Wildman–Crippen MR) is 98.3 cm³/mol. The highest BCUT2D eigenvalue weighted by atomic mass is 35.5. The second-order valence-corrected chi connectivity index (χ2v) is 7.74. The lowest BCUT2D eigenvalue weighted by molar-refractivity contribution is 0.0275. The number of carbonyl (C=O) groups excluding carboxylic acids is 1. The van der Waals surface area contributed by atoms with Gasteiger partial charge < -0.3 is 14.4 Å². The van der Waals surface area contributed by atoms with Crippen LogP contribution < -0.4 is 4.74 Å². The van der Waals surface area contributed by atoms with Crippen molar-refractivity contribution in [1.29, 1.82) is 0 Å². The van der Waals surface area contributed by atoms with Crippen LogP contribution >= 0.6 is 11.6 Å². The molecule has 2 heterocycles. The van der Waals surface area contributed by atoms with Gasteiger partial charge in [-0.05, 0) is 45.9 Å². The zero-order valence-corrected chi connectivity index (χ0v) is 15.8. The fourth-order valence-electron chi connectivity index (χ4n) is 2.98. The topological polar surface area (TPSA) is 51.7 Å². The molecule has 0 spiro atoms. The minimum atomic E-state index is -0.491. The Morgan fingerprint density at radius 3 is 2.80 bits per heavy atom. The van der Waals surface area contributed by atoms with Gasteiger partial charge in [-0.3, -0.25) is 4.98 Å². The van der Waals surface area contributed by atoms with Crippen LogP contribution in [0.1, 0.15) is 32.8 Å². The number of aryl methyl sites for hydroxylation is 1. The molecule has 1 aliphatic heterocycles. The van der Waals surface area contributed by atoms with E-state index in [9.17, 15) is 4.79 Å². The number of nitrogens with zero attached hydrogens (tertiary/aromatic N) is 2. The van der Waals surface area contributed by atoms with E-state index in [-0.39, 0.29) is 12.2 Å². The van der Waals surface area contributed by atoms with E-state index in [0.29, 0.717) is 18.1 Å². The third kappa shape index (κ3) is 3.98. The molecule has 6 heteroatoms. The van der Waals surface area contributed by atoms with Crippen molar-refractivity contribution in [2.75, 3.05) is 13.1 Å². The Hall–Kier alpha value is -2.01. The Bertz CT molecular complexity index is 801. The molecular weight excluding hydrogens is 340 g/mol. The van der Waals surface area contributed by atoms with Gasteiger partial charge in [0.25, 0.3) is 0 Å². The molecule has 1 aliphatic rings. The van der Waals surface area contributed by atoms with Crippen LogP contribution in [-0.2, 0) is 4.74 Å². The van der Waals surface area contributed by atoms with Gasteiger partial charge in [0.2, 0.25) is 0 Å². The van der Waals surface area contributed by atoms with Crippen molar-refractivity contribution < 1.29 is 14.3 Å². The fourth-order valence-corrected chi connectivity index (χ4v) is 3.27. The largest absolute Gasteiger partial charge is 0.488 e. The summed E-state index contributed by atoms with van der Waals surface area (Å²) in [6.07, 6.45) is 2.12. The van der Waals surface area contributed by atoms with E-state index in [0.717, 1.165) is 28.6 Å². The lowest BCUT2D eigenvalue weighted by atomic mass is 10.1. The number of carbonyl (C=O) groups is 1. The number of rotatable bonds is 2. The van der Waals surface area contributed by atoms with Gasteiger partial charge in [0.15, 0.2) is 0 Å². The van der Waals surface area contributed by atoms with Crippen LogP contribution in [0.15, 0.2) is 24.4 Å². The number of fused-ring (bicyclic) bond motifs is 1. The van der Waals surface area contributed by atoms with E-state index in [1.165, 1.54) is 0 Å². The molecule has 5 nitrogen and oxygen atoms in total. The van der Waals surface area contributed by atoms with Crippen LogP contribution in [0.4, 0.5) is 4.79 Å². The number of ether oxygens (including phenoxy) is 2. The first-order valence-corrected chi connectivity index (χ1v) is 8.81. The quantitative estimate of drug-likeness (QED) is 0.784. The van der Waals surface area contributed by atoms with Gasteiger partial charge in [0, 0.05) is 30.1 Å². The lowest BCUT2D eigenvalue weighted by Gasteiger charge is -2.24. The summed E-state index contributed by atoms with van der Waals surface area (Å²) >= 11 is 6.31. The van der Waals surface area contributed by atoms with Crippen LogP contribution in [0.5, 0.6) is 5.75 Å². The highest BCUT2D eigenvalue weighted by Crippen LogP contribution is 2.32. The van der Waals surface area contributed by atoms with Crippen LogP contribution in [0, 0.1) is 6.92 Å². The van der Waals surface area contributed by atoms with Crippen LogP contribution in [0.2, 0.25) is 5.02 Å². The molecule has 1 unspecified atom stereocenters. The highest BCUT2D eigenvalue weighted by Gasteiger charge is 2.31. The summed E-state index contributed by atoms with van der Waals surface area (Å²) in [6.45, 7) is 8.73. The van der Waals surface area contributed by atoms with Crippen molar-refractivity contribution in [3.8, 4) is 5.75 Å². The summed E-state index contributed by atoms with van der Waals surface area (Å²) in [5, 5.41) is 1.57. The van der Waals surface area contributed by atoms with Crippen molar-refractivity contribution in [3.63, 3.8) is 0 Å². The van der Waals surface area contributed by atoms with Gasteiger partial charge in [-0.25, -0.2) is 4.79 Å². The number of halogens is 1. The van der Waals surface area contributed by atoms with Crippen LogP contribution in [-0.4, -0.2) is 40.8 Å². The first-order chi connectivity index (χ1) is 11.7. The number of hydrogen-bond acceptors (Lipinski definition) is 4. The Kier molecular flexibility index (Phi) is 4.78. The number of pyridine rings is 1. The standard InChI is InChI=1S/C19H23ClN2O3/c1-12-16(6-5-15-17(12)14(20)7-9-21-15)24-13-8-10-22(11-13)18(23)25-19(2,3)4/h5-7,9,13H,8,10-11H2,1-4H3. The number of amides is 1. The molecule has 3 rings (SSSR count). The Morgan fingerprint density at radius 2 is 2.08 bits per heavy atom. The SMILES string of the molecule is Cc1c(OC2CCN(C(=O)OC(C)(C)C)C2)ccc2nccc(Cl)c12. The van der Waals surface area contributed by atoms with Gasteiger partial charge in [0.05, 0.1) is 17.1 Å². The molecule has 1 amide bonds. The molecule has 1 saturated heterocycles. The molecule has 1 fully saturated rings. The van der Waals surface area contributed by atoms with E-state index < -0.39 is 5.60 Å². The van der Waals surface area contributed by atoms with E-state index in [4.69, 9.17) is 21.1 Å². The average molecular weight is 363 g/mol. The van der Waals surface area contributed by atoms with Crippen LogP contribution in [0.3, 0.4) is 0 Å². The van der Waals surface area contributed by atoms with Crippen molar-refractivity contribution in [3.05, 3.63) is 35.0 Å². The molecule has 1 aromatic carbocycles. The van der Waals surface area contributed by atoms with Gasteiger partial charge in [-0.15, -0.1) is 0 Å². The maximum atomic E-state index is 12.2. The van der Waals surface area contributed by atoms with E-state index in [1.807, 2.05) is 39.8 Å². The van der Waals surface area contributed by atoms with E-state index >= 15 is 0 Å². The second-order valence-electron chi connectivity index (χ2n) is 7.33. The molecule has 0 radical (unpaired) electrons. The zero-order valence-electron chi connectivity index (χ0n) is 15.0. The summed E-state index contributed by atoms with van der Waals surface area (Å²) in [6, 6.07) is 5.60. The van der Waals surface area contributed by atoms with Crippen molar-refractivity contribution in [2.24, 2.45) is 0 Å². The molecule has 25 heavy (non-hydrogen) atoms. The van der Waals surface area contributed by atoms with Gasteiger partial charge in [-0.1, -0.05) is 11.6 Å². The van der Waals surface area contributed by atoms with E-state index in [1.54, 1.807) is 17.2 Å². The highest BCUT2D eigenvalue weighted by molar-refractivity contribution is 6.35. The predicted octanol–water partition coefficient (Wildman–Crippen LogP) is 4.58. The molecule has 0 bridgehead atoms. The Labute approximate surface area is 152 Å². The minimum Gasteiger partial charge on any atom is -0.488 e. The number of benzene rings is 1. The molecular formula is C19H23ClN2O3. The first-order valence-electron chi connectivity index (χ1n) is 8.43. The van der Waals surface area contributed by atoms with Crippen molar-refractivity contribution in [1.82, 2.24) is 9.88 Å². The number of hydrogen-bond donors (Lipinski definition) is 0. The molecule has 134 valence electrons. The monoisotopic (exact) mass is 362 g/mol. The summed E-state index contributed by atoms with van der Waals surface area (Å²) < 4.78 is 11.6. The average Bonchev–Trinajstić information content (AvgIpc) is 2.97. The summed E-state index contributed by atoms with van der Waals surface area (Å²) in [5.74, 6) is 0.776. The molecule has 0 N–H and O–H groups in total. The summed E-state index contributed by atoms with van der Waals surface area (Å²) in [5.41, 5.74) is 1.32. The van der Waals surface area contributed by atoms with Crippen molar-refractivity contribution >= 4 is 28.6 Å². The lowest BCUT2D eigenvalue weighted by Crippen LogP contribution is -2.36. The number of likely N-dealkylation sites (tertiary alicyclic amines) is 1. The van der Waals surface area contributed by atoms with Crippen molar-refractivity contribution in [2.45, 2.75) is 45.8 Å². The fraction of sp³-hybridized carbons (Fsp3) is 0.474. The zero-order chi connectivity index (χ0) is 18.2. The normalized spacial score (nSPS) is 17.8. The van der Waals surface area contributed by atoms with Gasteiger partial charge >= 0.3 is 6.09 Å². The molecule has 2 aromatic rings. The maximum Gasteiger partial charge on any atom is 0.410 e. The summed E-state index contributed by atoms with van der Waals surface area (Å²) in [7, 11) is 0. The molecule has 0 saturated carbocycles. The molecule has 1 aromatic heterocycles. The third-order valence-electron chi connectivity index (χ3n) is 4.16. The molecule has 1 atom stereocenters. The number of aromatic nitrogens is 1. The minimum absolute atomic E-state index is 0.0564. The first kappa shape index (κ1) is 17.8. The maximum absolute atomic E-state index is 12.2. The van der Waals surface area contributed by atoms with Crippen LogP contribution in [0.25, 0.3) is 10.9 Å². The van der Waals surface area contributed by atoms with Gasteiger partial charge in [-0.2, -0.15) is 0 Å². The molecule has 0 aliphatic carbocycles. The Balaban J connectivity index is 1.72. The van der Waals surface area contributed by atoms with Gasteiger partial charge in [0.1, 0.15) is 17.5 Å². The Morgan fingerprint density at radius 1 is 1.32 bits per heavy atom. The van der Waals surface area contributed by atoms with E-state index in [2.05, 4.69) is 4.98 Å².